The van der Waals surface area contributed by atoms with Gasteiger partial charge in [-0.2, -0.15) is 0 Å². The Bertz CT molecular complexity index is 544. The maximum absolute atomic E-state index is 13.7. The molecule has 1 fully saturated rings. The molecular formula is C13H16FN3O3. The molecule has 0 atom stereocenters. The van der Waals surface area contributed by atoms with Crippen molar-refractivity contribution in [2.24, 2.45) is 5.92 Å². The lowest BCUT2D eigenvalue weighted by molar-refractivity contribution is -0.385. The van der Waals surface area contributed by atoms with Crippen LogP contribution in [0.1, 0.15) is 30.1 Å². The monoisotopic (exact) mass is 281 g/mol. The van der Waals surface area contributed by atoms with Gasteiger partial charge in [-0.15, -0.1) is 0 Å². The highest BCUT2D eigenvalue weighted by atomic mass is 19.1. The van der Waals surface area contributed by atoms with Gasteiger partial charge in [0.2, 0.25) is 0 Å². The fraction of sp³-hybridized carbons (Fsp3) is 0.462. The Kier molecular flexibility index (Phi) is 4.16. The maximum atomic E-state index is 13.7. The number of hydrogen-bond acceptors (Lipinski definition) is 4. The van der Waals surface area contributed by atoms with Crippen LogP contribution in [0.15, 0.2) is 12.1 Å². The highest BCUT2D eigenvalue weighted by molar-refractivity contribution is 5.99. The van der Waals surface area contributed by atoms with Crippen LogP contribution in [0.5, 0.6) is 0 Å². The first-order chi connectivity index (χ1) is 9.52. The molecule has 2 rings (SSSR count). The SMILES string of the molecule is CCNc1cc(C(=O)NCC2CC2)c([N+](=O)[O-])cc1F. The summed E-state index contributed by atoms with van der Waals surface area (Å²) < 4.78 is 13.7. The predicted molar refractivity (Wildman–Crippen MR) is 72.3 cm³/mol. The zero-order valence-corrected chi connectivity index (χ0v) is 11.1. The van der Waals surface area contributed by atoms with Crippen molar-refractivity contribution in [1.29, 1.82) is 0 Å². The van der Waals surface area contributed by atoms with Gasteiger partial charge in [-0.05, 0) is 31.7 Å². The lowest BCUT2D eigenvalue weighted by Crippen LogP contribution is -2.26. The molecule has 0 aliphatic heterocycles. The molecule has 0 spiro atoms. The van der Waals surface area contributed by atoms with Crippen molar-refractivity contribution in [2.45, 2.75) is 19.8 Å². The zero-order valence-electron chi connectivity index (χ0n) is 11.1. The average Bonchev–Trinajstić information content (AvgIpc) is 3.22. The van der Waals surface area contributed by atoms with E-state index >= 15 is 0 Å². The molecule has 0 unspecified atom stereocenters. The van der Waals surface area contributed by atoms with Crippen LogP contribution in [0.4, 0.5) is 15.8 Å². The third kappa shape index (κ3) is 3.23. The zero-order chi connectivity index (χ0) is 14.7. The van der Waals surface area contributed by atoms with Crippen molar-refractivity contribution >= 4 is 17.3 Å². The average molecular weight is 281 g/mol. The number of hydrogen-bond donors (Lipinski definition) is 2. The first-order valence-electron chi connectivity index (χ1n) is 6.53. The molecule has 0 bridgehead atoms. The number of halogens is 1. The molecule has 2 N–H and O–H groups in total. The summed E-state index contributed by atoms with van der Waals surface area (Å²) in [5, 5.41) is 16.3. The molecular weight excluding hydrogens is 265 g/mol. The topological polar surface area (TPSA) is 84.3 Å². The van der Waals surface area contributed by atoms with E-state index in [0.29, 0.717) is 19.0 Å². The van der Waals surface area contributed by atoms with Gasteiger partial charge in [-0.1, -0.05) is 0 Å². The minimum Gasteiger partial charge on any atom is -0.383 e. The van der Waals surface area contributed by atoms with Crippen LogP contribution in [0.25, 0.3) is 0 Å². The van der Waals surface area contributed by atoms with Crippen LogP contribution in [0, 0.1) is 21.8 Å². The minimum absolute atomic E-state index is 0.0923. The second kappa shape index (κ2) is 5.85. The maximum Gasteiger partial charge on any atom is 0.285 e. The van der Waals surface area contributed by atoms with Crippen LogP contribution in [0.2, 0.25) is 0 Å². The Labute approximate surface area is 115 Å². The Balaban J connectivity index is 2.28. The molecule has 0 aromatic heterocycles. The van der Waals surface area contributed by atoms with E-state index in [9.17, 15) is 19.3 Å². The molecule has 0 saturated heterocycles. The van der Waals surface area contributed by atoms with Gasteiger partial charge in [0.05, 0.1) is 16.7 Å². The van der Waals surface area contributed by atoms with Crippen LogP contribution >= 0.6 is 0 Å². The highest BCUT2D eigenvalue weighted by Gasteiger charge is 2.26. The number of carbonyl (C=O) groups excluding carboxylic acids is 1. The summed E-state index contributed by atoms with van der Waals surface area (Å²) in [4.78, 5) is 22.2. The molecule has 7 heteroatoms. The van der Waals surface area contributed by atoms with Crippen molar-refractivity contribution in [1.82, 2.24) is 5.32 Å². The van der Waals surface area contributed by atoms with Gasteiger partial charge in [0.15, 0.2) is 5.82 Å². The van der Waals surface area contributed by atoms with Crippen LogP contribution in [-0.4, -0.2) is 23.9 Å². The molecule has 1 aromatic carbocycles. The third-order valence-electron chi connectivity index (χ3n) is 3.14. The van der Waals surface area contributed by atoms with Gasteiger partial charge in [0.1, 0.15) is 5.56 Å². The molecule has 6 nitrogen and oxygen atoms in total. The van der Waals surface area contributed by atoms with E-state index < -0.39 is 22.3 Å². The molecule has 1 aliphatic carbocycles. The van der Waals surface area contributed by atoms with Crippen LogP contribution in [0.3, 0.4) is 0 Å². The summed E-state index contributed by atoms with van der Waals surface area (Å²) in [7, 11) is 0. The van der Waals surface area contributed by atoms with Crippen molar-refractivity contribution in [3.8, 4) is 0 Å². The summed E-state index contributed by atoms with van der Waals surface area (Å²) in [6.07, 6.45) is 2.13. The van der Waals surface area contributed by atoms with Crippen molar-refractivity contribution in [2.75, 3.05) is 18.4 Å². The Morgan fingerprint density at radius 3 is 2.75 bits per heavy atom. The molecule has 1 aromatic rings. The second-order valence-corrected chi connectivity index (χ2v) is 4.79. The van der Waals surface area contributed by atoms with E-state index in [-0.39, 0.29) is 11.3 Å². The van der Waals surface area contributed by atoms with Gasteiger partial charge in [0.25, 0.3) is 11.6 Å². The van der Waals surface area contributed by atoms with E-state index in [4.69, 9.17) is 0 Å². The number of nitro groups is 1. The number of rotatable bonds is 6. The van der Waals surface area contributed by atoms with Gasteiger partial charge in [-0.25, -0.2) is 4.39 Å². The number of benzene rings is 1. The highest BCUT2D eigenvalue weighted by Crippen LogP contribution is 2.29. The predicted octanol–water partition coefficient (Wildman–Crippen LogP) is 2.31. The number of nitrogens with one attached hydrogen (secondary N) is 2. The number of nitrogens with zero attached hydrogens (tertiary/aromatic N) is 1. The fourth-order valence-electron chi connectivity index (χ4n) is 1.88. The Morgan fingerprint density at radius 2 is 2.20 bits per heavy atom. The second-order valence-electron chi connectivity index (χ2n) is 4.79. The standard InChI is InChI=1S/C13H16FN3O3/c1-2-15-11-5-9(12(17(19)20)6-10(11)14)13(18)16-7-8-3-4-8/h5-6,8,15H,2-4,7H2,1H3,(H,16,18). The summed E-state index contributed by atoms with van der Waals surface area (Å²) in [5.74, 6) is -0.813. The first kappa shape index (κ1) is 14.2. The van der Waals surface area contributed by atoms with Crippen molar-refractivity contribution < 1.29 is 14.1 Å². The summed E-state index contributed by atoms with van der Waals surface area (Å²) in [6, 6.07) is 1.98. The lowest BCUT2D eigenvalue weighted by Gasteiger charge is -2.09. The molecule has 0 heterocycles. The Morgan fingerprint density at radius 1 is 1.50 bits per heavy atom. The quantitative estimate of drug-likeness (QED) is 0.619. The van der Waals surface area contributed by atoms with Crippen molar-refractivity contribution in [3.05, 3.63) is 33.6 Å². The van der Waals surface area contributed by atoms with Gasteiger partial charge >= 0.3 is 0 Å². The van der Waals surface area contributed by atoms with E-state index in [2.05, 4.69) is 10.6 Å². The van der Waals surface area contributed by atoms with Crippen LogP contribution in [-0.2, 0) is 0 Å². The number of nitro benzene ring substituents is 1. The summed E-state index contributed by atoms with van der Waals surface area (Å²) in [6.45, 7) is 2.73. The molecule has 1 aliphatic rings. The first-order valence-corrected chi connectivity index (χ1v) is 6.53. The van der Waals surface area contributed by atoms with Gasteiger partial charge in [0, 0.05) is 13.1 Å². The third-order valence-corrected chi connectivity index (χ3v) is 3.14. The number of anilines is 1. The molecule has 108 valence electrons. The molecule has 1 saturated carbocycles. The molecule has 20 heavy (non-hydrogen) atoms. The van der Waals surface area contributed by atoms with E-state index in [1.807, 2.05) is 0 Å². The van der Waals surface area contributed by atoms with E-state index in [1.54, 1.807) is 6.92 Å². The largest absolute Gasteiger partial charge is 0.383 e. The summed E-state index contributed by atoms with van der Waals surface area (Å²) in [5.41, 5.74) is -0.542. The fourth-order valence-corrected chi connectivity index (χ4v) is 1.88. The van der Waals surface area contributed by atoms with Gasteiger partial charge < -0.3 is 10.6 Å². The van der Waals surface area contributed by atoms with Crippen molar-refractivity contribution in [3.63, 3.8) is 0 Å². The Hall–Kier alpha value is -2.18. The van der Waals surface area contributed by atoms with E-state index in [0.717, 1.165) is 18.9 Å². The number of amides is 1. The lowest BCUT2D eigenvalue weighted by atomic mass is 10.1. The molecule has 0 radical (unpaired) electrons. The number of carbonyl (C=O) groups is 1. The normalized spacial score (nSPS) is 13.9. The van der Waals surface area contributed by atoms with Gasteiger partial charge in [-0.3, -0.25) is 14.9 Å². The summed E-state index contributed by atoms with van der Waals surface area (Å²) >= 11 is 0. The minimum atomic E-state index is -0.745. The smallest absolute Gasteiger partial charge is 0.285 e. The van der Waals surface area contributed by atoms with E-state index in [1.165, 1.54) is 6.07 Å². The van der Waals surface area contributed by atoms with Crippen LogP contribution < -0.4 is 10.6 Å². The molecule has 1 amide bonds.